The van der Waals surface area contributed by atoms with Crippen molar-refractivity contribution in [2.24, 2.45) is 5.92 Å². The van der Waals surface area contributed by atoms with Crippen molar-refractivity contribution in [3.63, 3.8) is 0 Å². The lowest BCUT2D eigenvalue weighted by atomic mass is 9.99. The van der Waals surface area contributed by atoms with Gasteiger partial charge in [0.05, 0.1) is 13.2 Å². The molecule has 0 amide bonds. The Labute approximate surface area is 91.1 Å². The molecule has 1 heterocycles. The van der Waals surface area contributed by atoms with E-state index >= 15 is 0 Å². The molecule has 0 radical (unpaired) electrons. The Morgan fingerprint density at radius 3 is 2.40 bits per heavy atom. The molecule has 1 aliphatic carbocycles. The molecule has 0 N–H and O–H groups in total. The van der Waals surface area contributed by atoms with E-state index in [0.29, 0.717) is 18.1 Å². The van der Waals surface area contributed by atoms with Crippen LogP contribution in [0.2, 0.25) is 0 Å². The van der Waals surface area contributed by atoms with Crippen molar-refractivity contribution < 1.29 is 14.3 Å². The van der Waals surface area contributed by atoms with E-state index in [4.69, 9.17) is 9.47 Å². The van der Waals surface area contributed by atoms with Gasteiger partial charge in [0.25, 0.3) is 0 Å². The number of ketones is 1. The molecule has 0 aromatic rings. The third-order valence-corrected chi connectivity index (χ3v) is 3.33. The molecule has 2 fully saturated rings. The van der Waals surface area contributed by atoms with E-state index in [1.807, 2.05) is 0 Å². The van der Waals surface area contributed by atoms with Gasteiger partial charge >= 0.3 is 0 Å². The number of Topliss-reactive ketones (excluding diaryl/α,β-unsaturated/α-hetero) is 1. The van der Waals surface area contributed by atoms with Gasteiger partial charge in [-0.15, -0.1) is 0 Å². The van der Waals surface area contributed by atoms with Gasteiger partial charge in [0.2, 0.25) is 0 Å². The first-order valence-corrected chi connectivity index (χ1v) is 6.12. The molecule has 0 spiro atoms. The first-order chi connectivity index (χ1) is 7.36. The monoisotopic (exact) mass is 212 g/mol. The van der Waals surface area contributed by atoms with Crippen LogP contribution in [-0.4, -0.2) is 25.3 Å². The fraction of sp³-hybridized carbons (Fsp3) is 0.917. The van der Waals surface area contributed by atoms with E-state index in [1.54, 1.807) is 0 Å². The zero-order valence-electron chi connectivity index (χ0n) is 9.24. The topological polar surface area (TPSA) is 35.5 Å². The van der Waals surface area contributed by atoms with Gasteiger partial charge in [-0.05, 0) is 19.3 Å². The van der Waals surface area contributed by atoms with Crippen LogP contribution in [-0.2, 0) is 14.3 Å². The van der Waals surface area contributed by atoms with Crippen LogP contribution in [0.1, 0.15) is 44.9 Å². The van der Waals surface area contributed by atoms with E-state index in [1.165, 1.54) is 12.8 Å². The molecule has 2 rings (SSSR count). The number of hydrogen-bond acceptors (Lipinski definition) is 3. The standard InChI is InChI=1S/C12H20O3/c13-11(10-4-1-2-5-10)6-7-12-14-8-3-9-15-12/h10,12H,1-9H2. The van der Waals surface area contributed by atoms with Crippen molar-refractivity contribution in [1.29, 1.82) is 0 Å². The van der Waals surface area contributed by atoms with Crippen LogP contribution in [0.3, 0.4) is 0 Å². The second-order valence-corrected chi connectivity index (χ2v) is 4.51. The molecule has 1 saturated carbocycles. The summed E-state index contributed by atoms with van der Waals surface area (Å²) in [6.07, 6.45) is 6.90. The van der Waals surface area contributed by atoms with Crippen LogP contribution >= 0.6 is 0 Å². The van der Waals surface area contributed by atoms with Crippen molar-refractivity contribution in [1.82, 2.24) is 0 Å². The predicted octanol–water partition coefficient (Wildman–Crippen LogP) is 2.29. The maximum absolute atomic E-state index is 11.8. The van der Waals surface area contributed by atoms with Crippen LogP contribution in [0.15, 0.2) is 0 Å². The molecule has 0 aromatic carbocycles. The molecule has 2 aliphatic rings. The normalized spacial score (nSPS) is 24.5. The first kappa shape index (κ1) is 11.1. The average molecular weight is 212 g/mol. The zero-order valence-corrected chi connectivity index (χ0v) is 9.24. The largest absolute Gasteiger partial charge is 0.353 e. The average Bonchev–Trinajstić information content (AvgIpc) is 2.81. The number of ether oxygens (including phenoxy) is 2. The first-order valence-electron chi connectivity index (χ1n) is 6.12. The molecule has 0 unspecified atom stereocenters. The summed E-state index contributed by atoms with van der Waals surface area (Å²) in [5, 5.41) is 0. The highest BCUT2D eigenvalue weighted by Crippen LogP contribution is 2.27. The van der Waals surface area contributed by atoms with Gasteiger partial charge in [-0.2, -0.15) is 0 Å². The minimum absolute atomic E-state index is 0.121. The molecule has 86 valence electrons. The molecule has 1 saturated heterocycles. The Hall–Kier alpha value is -0.410. The van der Waals surface area contributed by atoms with Gasteiger partial charge in [-0.3, -0.25) is 4.79 Å². The van der Waals surface area contributed by atoms with Gasteiger partial charge in [-0.25, -0.2) is 0 Å². The molecule has 3 nitrogen and oxygen atoms in total. The van der Waals surface area contributed by atoms with Gasteiger partial charge in [0.15, 0.2) is 6.29 Å². The Kier molecular flexibility index (Phi) is 4.15. The van der Waals surface area contributed by atoms with Crippen LogP contribution in [0.25, 0.3) is 0 Å². The summed E-state index contributed by atoms with van der Waals surface area (Å²) in [6, 6.07) is 0. The van der Waals surface area contributed by atoms with Crippen molar-refractivity contribution in [2.45, 2.75) is 51.2 Å². The highest BCUT2D eigenvalue weighted by atomic mass is 16.7. The van der Waals surface area contributed by atoms with Crippen LogP contribution in [0.5, 0.6) is 0 Å². The molecule has 1 aliphatic heterocycles. The number of rotatable bonds is 4. The Bertz CT molecular complexity index is 203. The maximum Gasteiger partial charge on any atom is 0.157 e. The summed E-state index contributed by atoms with van der Waals surface area (Å²) in [7, 11) is 0. The molecular weight excluding hydrogens is 192 g/mol. The van der Waals surface area contributed by atoms with E-state index in [0.717, 1.165) is 38.9 Å². The Morgan fingerprint density at radius 1 is 1.07 bits per heavy atom. The third kappa shape index (κ3) is 3.28. The van der Waals surface area contributed by atoms with Crippen LogP contribution in [0.4, 0.5) is 0 Å². The van der Waals surface area contributed by atoms with Crippen LogP contribution < -0.4 is 0 Å². The summed E-state index contributed by atoms with van der Waals surface area (Å²) < 4.78 is 10.8. The summed E-state index contributed by atoms with van der Waals surface area (Å²) in [5.74, 6) is 0.763. The smallest absolute Gasteiger partial charge is 0.157 e. The van der Waals surface area contributed by atoms with E-state index < -0.39 is 0 Å². The lowest BCUT2D eigenvalue weighted by Gasteiger charge is -2.23. The highest BCUT2D eigenvalue weighted by molar-refractivity contribution is 5.81. The minimum Gasteiger partial charge on any atom is -0.353 e. The van der Waals surface area contributed by atoms with Gasteiger partial charge < -0.3 is 9.47 Å². The van der Waals surface area contributed by atoms with Crippen LogP contribution in [0, 0.1) is 5.92 Å². The lowest BCUT2D eigenvalue weighted by Crippen LogP contribution is -2.26. The fourth-order valence-electron chi connectivity index (χ4n) is 2.42. The number of carbonyl (C=O) groups is 1. The molecule has 0 bridgehead atoms. The molecule has 3 heteroatoms. The van der Waals surface area contributed by atoms with Crippen molar-refractivity contribution >= 4 is 5.78 Å². The molecule has 0 atom stereocenters. The Balaban J connectivity index is 1.65. The highest BCUT2D eigenvalue weighted by Gasteiger charge is 2.24. The number of carbonyl (C=O) groups excluding carboxylic acids is 1. The SMILES string of the molecule is O=C(CCC1OCCCO1)C1CCCC1. The lowest BCUT2D eigenvalue weighted by molar-refractivity contribution is -0.182. The fourth-order valence-corrected chi connectivity index (χ4v) is 2.42. The minimum atomic E-state index is -0.121. The third-order valence-electron chi connectivity index (χ3n) is 3.33. The van der Waals surface area contributed by atoms with E-state index in [-0.39, 0.29) is 6.29 Å². The summed E-state index contributed by atoms with van der Waals surface area (Å²) in [6.45, 7) is 1.56. The Morgan fingerprint density at radius 2 is 1.73 bits per heavy atom. The van der Waals surface area contributed by atoms with Gasteiger partial charge in [0.1, 0.15) is 5.78 Å². The summed E-state index contributed by atoms with van der Waals surface area (Å²) in [4.78, 5) is 11.8. The zero-order chi connectivity index (χ0) is 10.5. The van der Waals surface area contributed by atoms with Crippen molar-refractivity contribution in [2.75, 3.05) is 13.2 Å². The maximum atomic E-state index is 11.8. The van der Waals surface area contributed by atoms with E-state index in [2.05, 4.69) is 0 Å². The molecule has 15 heavy (non-hydrogen) atoms. The van der Waals surface area contributed by atoms with E-state index in [9.17, 15) is 4.79 Å². The van der Waals surface area contributed by atoms with Crippen molar-refractivity contribution in [3.8, 4) is 0 Å². The molecular formula is C12H20O3. The quantitative estimate of drug-likeness (QED) is 0.717. The number of hydrogen-bond donors (Lipinski definition) is 0. The predicted molar refractivity (Wildman–Crippen MR) is 56.5 cm³/mol. The summed E-state index contributed by atoms with van der Waals surface area (Å²) in [5.41, 5.74) is 0. The summed E-state index contributed by atoms with van der Waals surface area (Å²) >= 11 is 0. The second kappa shape index (κ2) is 5.61. The van der Waals surface area contributed by atoms with Gasteiger partial charge in [-0.1, -0.05) is 12.8 Å². The van der Waals surface area contributed by atoms with Crippen molar-refractivity contribution in [3.05, 3.63) is 0 Å². The van der Waals surface area contributed by atoms with Gasteiger partial charge in [0, 0.05) is 18.8 Å². The second-order valence-electron chi connectivity index (χ2n) is 4.51. The molecule has 0 aromatic heterocycles.